The first-order chi connectivity index (χ1) is 8.42. The summed E-state index contributed by atoms with van der Waals surface area (Å²) in [5.74, 6) is 0. The highest BCUT2D eigenvalue weighted by Gasteiger charge is 1.99. The normalized spacial score (nSPS) is 10.9. The first-order valence-electron chi connectivity index (χ1n) is 6.44. The fraction of sp³-hybridized carbons (Fsp3) is 0.400. The minimum atomic E-state index is 0.915. The topological polar surface area (TPSA) is 24.9 Å². The molecule has 0 spiro atoms. The zero-order valence-corrected chi connectivity index (χ0v) is 10.4. The lowest BCUT2D eigenvalue weighted by atomic mass is 10.1. The predicted octanol–water partition coefficient (Wildman–Crippen LogP) is 3.51. The van der Waals surface area contributed by atoms with E-state index in [2.05, 4.69) is 41.5 Å². The highest BCUT2D eigenvalue weighted by Crippen LogP contribution is 2.16. The third kappa shape index (κ3) is 3.27. The van der Waals surface area contributed by atoms with Crippen LogP contribution in [0.2, 0.25) is 0 Å². The van der Waals surface area contributed by atoms with Crippen molar-refractivity contribution in [3.05, 3.63) is 42.2 Å². The van der Waals surface area contributed by atoms with Gasteiger partial charge in [0.05, 0.1) is 0 Å². The zero-order chi connectivity index (χ0) is 11.9. The maximum atomic E-state index is 4.29. The van der Waals surface area contributed by atoms with Gasteiger partial charge in [-0.05, 0) is 23.9 Å². The van der Waals surface area contributed by atoms with Crippen LogP contribution in [0.25, 0.3) is 10.8 Å². The lowest BCUT2D eigenvalue weighted by Crippen LogP contribution is -2.14. The number of nitrogens with one attached hydrogen (secondary N) is 1. The van der Waals surface area contributed by atoms with E-state index >= 15 is 0 Å². The maximum Gasteiger partial charge on any atom is 0.0346 e. The van der Waals surface area contributed by atoms with Crippen LogP contribution in [-0.4, -0.2) is 11.5 Å². The standard InChI is InChI=1S/C15H20N2/c1-2-3-6-9-16-11-14-12-17-10-13-7-4-5-8-15(13)14/h4-5,7-8,10,12,16H,2-3,6,9,11H2,1H3. The number of fused-ring (bicyclic) bond motifs is 1. The first-order valence-corrected chi connectivity index (χ1v) is 6.44. The van der Waals surface area contributed by atoms with E-state index in [-0.39, 0.29) is 0 Å². The third-order valence-electron chi connectivity index (χ3n) is 3.02. The Morgan fingerprint density at radius 3 is 2.88 bits per heavy atom. The molecule has 0 saturated heterocycles. The van der Waals surface area contributed by atoms with Gasteiger partial charge in [0, 0.05) is 24.3 Å². The summed E-state index contributed by atoms with van der Waals surface area (Å²) in [5, 5.41) is 6.02. The number of pyridine rings is 1. The minimum absolute atomic E-state index is 0.915. The number of aromatic nitrogens is 1. The Morgan fingerprint density at radius 2 is 2.00 bits per heavy atom. The maximum absolute atomic E-state index is 4.29. The van der Waals surface area contributed by atoms with Crippen LogP contribution in [-0.2, 0) is 6.54 Å². The zero-order valence-electron chi connectivity index (χ0n) is 10.4. The van der Waals surface area contributed by atoms with Gasteiger partial charge in [0.25, 0.3) is 0 Å². The van der Waals surface area contributed by atoms with Crippen molar-refractivity contribution in [2.24, 2.45) is 0 Å². The highest BCUT2D eigenvalue weighted by atomic mass is 14.8. The number of rotatable bonds is 6. The van der Waals surface area contributed by atoms with Gasteiger partial charge in [-0.1, -0.05) is 44.0 Å². The van der Waals surface area contributed by atoms with Crippen LogP contribution < -0.4 is 5.32 Å². The molecule has 0 fully saturated rings. The number of hydrogen-bond acceptors (Lipinski definition) is 2. The molecule has 0 aliphatic heterocycles. The summed E-state index contributed by atoms with van der Waals surface area (Å²) in [5.41, 5.74) is 1.29. The van der Waals surface area contributed by atoms with Crippen LogP contribution in [0.1, 0.15) is 31.7 Å². The van der Waals surface area contributed by atoms with Crippen molar-refractivity contribution < 1.29 is 0 Å². The van der Waals surface area contributed by atoms with E-state index < -0.39 is 0 Å². The molecule has 1 aromatic heterocycles. The number of benzene rings is 1. The molecule has 1 aromatic carbocycles. The molecule has 17 heavy (non-hydrogen) atoms. The van der Waals surface area contributed by atoms with E-state index in [1.54, 1.807) is 0 Å². The molecule has 0 unspecified atom stereocenters. The number of hydrogen-bond donors (Lipinski definition) is 1. The average Bonchev–Trinajstić information content (AvgIpc) is 2.39. The van der Waals surface area contributed by atoms with Crippen LogP contribution in [0.15, 0.2) is 36.7 Å². The third-order valence-corrected chi connectivity index (χ3v) is 3.02. The second-order valence-corrected chi connectivity index (χ2v) is 4.40. The van der Waals surface area contributed by atoms with Crippen LogP contribution in [0.4, 0.5) is 0 Å². The lowest BCUT2D eigenvalue weighted by molar-refractivity contribution is 0.617. The van der Waals surface area contributed by atoms with Crippen molar-refractivity contribution in [2.75, 3.05) is 6.54 Å². The van der Waals surface area contributed by atoms with Gasteiger partial charge in [-0.2, -0.15) is 0 Å². The van der Waals surface area contributed by atoms with Crippen molar-refractivity contribution in [1.29, 1.82) is 0 Å². The molecule has 1 N–H and O–H groups in total. The molecule has 0 amide bonds. The van der Waals surface area contributed by atoms with Crippen LogP contribution in [0.3, 0.4) is 0 Å². The van der Waals surface area contributed by atoms with Gasteiger partial charge in [0.1, 0.15) is 0 Å². The van der Waals surface area contributed by atoms with Crippen LogP contribution in [0.5, 0.6) is 0 Å². The van der Waals surface area contributed by atoms with Crippen molar-refractivity contribution in [1.82, 2.24) is 10.3 Å². The molecule has 2 heteroatoms. The Hall–Kier alpha value is -1.41. The van der Waals surface area contributed by atoms with Crippen LogP contribution >= 0.6 is 0 Å². The molecule has 1 heterocycles. The van der Waals surface area contributed by atoms with E-state index in [0.29, 0.717) is 0 Å². The second kappa shape index (κ2) is 6.36. The molecule has 0 aliphatic rings. The van der Waals surface area contributed by atoms with Gasteiger partial charge >= 0.3 is 0 Å². The first kappa shape index (κ1) is 12.1. The fourth-order valence-electron chi connectivity index (χ4n) is 2.04. The molecular formula is C15H20N2. The molecule has 90 valence electrons. The fourth-order valence-corrected chi connectivity index (χ4v) is 2.04. The van der Waals surface area contributed by atoms with Gasteiger partial charge in [0.15, 0.2) is 0 Å². The Bertz CT molecular complexity index is 460. The summed E-state index contributed by atoms with van der Waals surface area (Å²) in [7, 11) is 0. The summed E-state index contributed by atoms with van der Waals surface area (Å²) >= 11 is 0. The molecule has 2 aromatic rings. The van der Waals surface area contributed by atoms with Gasteiger partial charge < -0.3 is 5.32 Å². The van der Waals surface area contributed by atoms with Crippen molar-refractivity contribution in [3.63, 3.8) is 0 Å². The predicted molar refractivity (Wildman–Crippen MR) is 73.0 cm³/mol. The van der Waals surface area contributed by atoms with E-state index in [1.807, 2.05) is 12.4 Å². The Labute approximate surface area is 103 Å². The van der Waals surface area contributed by atoms with Gasteiger partial charge in [0.2, 0.25) is 0 Å². The average molecular weight is 228 g/mol. The van der Waals surface area contributed by atoms with Crippen molar-refractivity contribution in [2.45, 2.75) is 32.7 Å². The van der Waals surface area contributed by atoms with E-state index in [1.165, 1.54) is 35.6 Å². The smallest absolute Gasteiger partial charge is 0.0346 e. The molecule has 2 nitrogen and oxygen atoms in total. The molecular weight excluding hydrogens is 208 g/mol. The Kier molecular flexibility index (Phi) is 4.51. The van der Waals surface area contributed by atoms with Gasteiger partial charge in [-0.15, -0.1) is 0 Å². The summed E-state index contributed by atoms with van der Waals surface area (Å²) in [4.78, 5) is 4.29. The van der Waals surface area contributed by atoms with Crippen molar-refractivity contribution in [3.8, 4) is 0 Å². The molecule has 0 bridgehead atoms. The molecule has 0 atom stereocenters. The summed E-state index contributed by atoms with van der Waals surface area (Å²) in [6.07, 6.45) is 7.73. The Balaban J connectivity index is 1.98. The summed E-state index contributed by atoms with van der Waals surface area (Å²) < 4.78 is 0. The number of nitrogens with zero attached hydrogens (tertiary/aromatic N) is 1. The quantitative estimate of drug-likeness (QED) is 0.765. The lowest BCUT2D eigenvalue weighted by Gasteiger charge is -2.07. The van der Waals surface area contributed by atoms with E-state index in [0.717, 1.165) is 13.1 Å². The minimum Gasteiger partial charge on any atom is -0.313 e. The molecule has 2 rings (SSSR count). The van der Waals surface area contributed by atoms with Crippen LogP contribution in [0, 0.1) is 0 Å². The molecule has 0 aliphatic carbocycles. The van der Waals surface area contributed by atoms with Gasteiger partial charge in [-0.25, -0.2) is 0 Å². The SMILES string of the molecule is CCCCCNCc1cncc2ccccc12. The largest absolute Gasteiger partial charge is 0.313 e. The Morgan fingerprint density at radius 1 is 1.12 bits per heavy atom. The highest BCUT2D eigenvalue weighted by molar-refractivity contribution is 5.84. The summed E-state index contributed by atoms with van der Waals surface area (Å²) in [6.45, 7) is 4.24. The number of unbranched alkanes of at least 4 members (excludes halogenated alkanes) is 2. The van der Waals surface area contributed by atoms with E-state index in [4.69, 9.17) is 0 Å². The summed E-state index contributed by atoms with van der Waals surface area (Å²) in [6, 6.07) is 8.42. The molecule has 0 saturated carbocycles. The molecule has 0 radical (unpaired) electrons. The van der Waals surface area contributed by atoms with E-state index in [9.17, 15) is 0 Å². The monoisotopic (exact) mass is 228 g/mol. The van der Waals surface area contributed by atoms with Gasteiger partial charge in [-0.3, -0.25) is 4.98 Å². The second-order valence-electron chi connectivity index (χ2n) is 4.40. The van der Waals surface area contributed by atoms with Crippen molar-refractivity contribution >= 4 is 10.8 Å².